The molecule has 2 aliphatic rings. The molecule has 9 nitrogen and oxygen atoms in total. The second-order valence-corrected chi connectivity index (χ2v) is 15.6. The lowest BCUT2D eigenvalue weighted by Crippen LogP contribution is -2.51. The Morgan fingerprint density at radius 2 is 1.79 bits per heavy atom. The molecule has 0 amide bonds. The number of methoxy groups -OCH3 is 1. The molecule has 1 saturated heterocycles. The molecular weight excluding hydrogens is 616 g/mol. The molecule has 2 aliphatic heterocycles. The van der Waals surface area contributed by atoms with Crippen molar-refractivity contribution in [2.45, 2.75) is 82.6 Å². The highest BCUT2D eigenvalue weighted by Crippen LogP contribution is 2.42. The zero-order valence-corrected chi connectivity index (χ0v) is 29.0. The van der Waals surface area contributed by atoms with Gasteiger partial charge in [-0.2, -0.15) is 4.31 Å². The molecule has 0 bridgehead atoms. The van der Waals surface area contributed by atoms with Crippen molar-refractivity contribution >= 4 is 21.7 Å². The third-order valence-electron chi connectivity index (χ3n) is 9.40. The molecule has 2 heterocycles. The lowest BCUT2D eigenvalue weighted by atomic mass is 9.83. The number of piperidine rings is 1. The molecule has 10 heteroatoms. The molecule has 0 spiro atoms. The quantitative estimate of drug-likeness (QED) is 0.210. The average molecular weight is 665 g/mol. The standard InChI is InChI=1S/C37H48N2O7S/c1-27-12-17-32(18-13-27)47(42,43)39-24-31(16-15-30(39)23-36(2,3)35(40)41)45-25-28-14-19-34-33(22-28)38(20-9-21-44-5)26-37(4,46-34)29-10-7-6-8-11-29/h6-8,10-14,17-19,22,30-31H,9,15-16,20-21,23-26H2,1-5H3,(H,40,41)/t30-,31+,37?/m0/s1. The molecule has 1 N–H and O–H groups in total. The van der Waals surface area contributed by atoms with Crippen LogP contribution in [0, 0.1) is 12.3 Å². The predicted octanol–water partition coefficient (Wildman–Crippen LogP) is 6.39. The molecule has 0 aromatic heterocycles. The zero-order valence-electron chi connectivity index (χ0n) is 28.1. The molecule has 1 unspecified atom stereocenters. The van der Waals surface area contributed by atoms with Gasteiger partial charge in [-0.25, -0.2) is 8.42 Å². The number of hydrogen-bond donors (Lipinski definition) is 1. The number of fused-ring (bicyclic) bond motifs is 1. The van der Waals surface area contributed by atoms with Gasteiger partial charge in [0, 0.05) is 32.8 Å². The first-order valence-corrected chi connectivity index (χ1v) is 17.8. The van der Waals surface area contributed by atoms with E-state index in [2.05, 4.69) is 30.0 Å². The monoisotopic (exact) mass is 664 g/mol. The fourth-order valence-corrected chi connectivity index (χ4v) is 8.27. The zero-order chi connectivity index (χ0) is 33.8. The van der Waals surface area contributed by atoms with E-state index in [1.165, 1.54) is 4.31 Å². The van der Waals surface area contributed by atoms with Crippen molar-refractivity contribution in [3.8, 4) is 5.75 Å². The Labute approximate surface area is 279 Å². The molecular formula is C37H48N2O7S. The van der Waals surface area contributed by atoms with Gasteiger partial charge in [0.2, 0.25) is 10.0 Å². The van der Waals surface area contributed by atoms with Crippen molar-refractivity contribution in [2.75, 3.05) is 38.3 Å². The highest BCUT2D eigenvalue weighted by molar-refractivity contribution is 7.89. The Kier molecular flexibility index (Phi) is 10.7. The minimum absolute atomic E-state index is 0.156. The highest BCUT2D eigenvalue weighted by atomic mass is 32.2. The molecule has 254 valence electrons. The van der Waals surface area contributed by atoms with Crippen molar-refractivity contribution in [2.24, 2.45) is 5.41 Å². The van der Waals surface area contributed by atoms with Crippen molar-refractivity contribution in [3.63, 3.8) is 0 Å². The molecule has 0 aliphatic carbocycles. The highest BCUT2D eigenvalue weighted by Gasteiger charge is 2.42. The lowest BCUT2D eigenvalue weighted by molar-refractivity contribution is -0.148. The first-order valence-electron chi connectivity index (χ1n) is 16.4. The van der Waals surface area contributed by atoms with Crippen molar-refractivity contribution in [1.29, 1.82) is 0 Å². The van der Waals surface area contributed by atoms with Crippen LogP contribution in [0.25, 0.3) is 0 Å². The number of anilines is 1. The Morgan fingerprint density at radius 1 is 1.06 bits per heavy atom. The maximum Gasteiger partial charge on any atom is 0.309 e. The van der Waals surface area contributed by atoms with Crippen LogP contribution in [0.5, 0.6) is 5.75 Å². The van der Waals surface area contributed by atoms with Crippen LogP contribution in [-0.2, 0) is 36.5 Å². The fourth-order valence-electron chi connectivity index (χ4n) is 6.58. The molecule has 0 saturated carbocycles. The van der Waals surface area contributed by atoms with Crippen LogP contribution in [0.1, 0.15) is 63.1 Å². The number of carboxylic acid groups (broad SMARTS) is 1. The summed E-state index contributed by atoms with van der Waals surface area (Å²) in [6.45, 7) is 9.94. The second kappa shape index (κ2) is 14.4. The number of benzene rings is 3. The summed E-state index contributed by atoms with van der Waals surface area (Å²) in [5, 5.41) is 9.81. The van der Waals surface area contributed by atoms with Crippen molar-refractivity contribution < 1.29 is 32.5 Å². The average Bonchev–Trinajstić information content (AvgIpc) is 3.05. The molecule has 0 radical (unpaired) electrons. The van der Waals surface area contributed by atoms with Gasteiger partial charge in [0.1, 0.15) is 11.4 Å². The Hall–Kier alpha value is -3.44. The minimum atomic E-state index is -3.88. The van der Waals surface area contributed by atoms with Crippen LogP contribution in [-0.4, -0.2) is 69.3 Å². The van der Waals surface area contributed by atoms with Gasteiger partial charge in [-0.05, 0) is 88.8 Å². The number of carboxylic acids is 1. The van der Waals surface area contributed by atoms with E-state index in [0.29, 0.717) is 32.6 Å². The van der Waals surface area contributed by atoms with E-state index in [4.69, 9.17) is 14.2 Å². The summed E-state index contributed by atoms with van der Waals surface area (Å²) in [5.41, 5.74) is 2.45. The summed E-state index contributed by atoms with van der Waals surface area (Å²) < 4.78 is 47.7. The molecule has 5 rings (SSSR count). The molecule has 1 fully saturated rings. The summed E-state index contributed by atoms with van der Waals surface area (Å²) in [6.07, 6.45) is 1.88. The number of nitrogens with zero attached hydrogens (tertiary/aromatic N) is 2. The number of ether oxygens (including phenoxy) is 3. The molecule has 3 atom stereocenters. The van der Waals surface area contributed by atoms with Gasteiger partial charge in [-0.1, -0.05) is 54.1 Å². The van der Waals surface area contributed by atoms with E-state index in [0.717, 1.165) is 41.1 Å². The first kappa shape index (κ1) is 34.9. The van der Waals surface area contributed by atoms with Gasteiger partial charge in [-0.15, -0.1) is 0 Å². The van der Waals surface area contributed by atoms with Crippen LogP contribution in [0.4, 0.5) is 5.69 Å². The van der Waals surface area contributed by atoms with E-state index < -0.39 is 33.1 Å². The third-order valence-corrected chi connectivity index (χ3v) is 11.3. The van der Waals surface area contributed by atoms with Crippen molar-refractivity contribution in [3.05, 3.63) is 89.5 Å². The smallest absolute Gasteiger partial charge is 0.309 e. The first-order chi connectivity index (χ1) is 22.3. The van der Waals surface area contributed by atoms with Gasteiger partial charge in [0.25, 0.3) is 0 Å². The van der Waals surface area contributed by atoms with Crippen LogP contribution in [0.3, 0.4) is 0 Å². The topological polar surface area (TPSA) is 106 Å². The van der Waals surface area contributed by atoms with Gasteiger partial charge in [0.05, 0.1) is 35.3 Å². The van der Waals surface area contributed by atoms with Crippen LogP contribution >= 0.6 is 0 Å². The van der Waals surface area contributed by atoms with E-state index in [-0.39, 0.29) is 24.0 Å². The van der Waals surface area contributed by atoms with Crippen molar-refractivity contribution in [1.82, 2.24) is 4.31 Å². The number of carbonyl (C=O) groups is 1. The third kappa shape index (κ3) is 8.00. The number of aryl methyl sites for hydroxylation is 1. The number of rotatable bonds is 13. The largest absolute Gasteiger partial charge is 0.481 e. The van der Waals surface area contributed by atoms with E-state index in [1.54, 1.807) is 45.2 Å². The molecule has 3 aromatic rings. The summed E-state index contributed by atoms with van der Waals surface area (Å²) >= 11 is 0. The predicted molar refractivity (Wildman–Crippen MR) is 182 cm³/mol. The van der Waals surface area contributed by atoms with Gasteiger partial charge in [0.15, 0.2) is 0 Å². The normalized spacial score (nSPS) is 22.0. The second-order valence-electron chi connectivity index (χ2n) is 13.7. The Morgan fingerprint density at radius 3 is 2.47 bits per heavy atom. The Balaban J connectivity index is 1.34. The van der Waals surface area contributed by atoms with Crippen LogP contribution in [0.15, 0.2) is 77.7 Å². The SMILES string of the molecule is COCCCN1CC(C)(c2ccccc2)Oc2ccc(CO[C@@H]3CC[C@@H](CC(C)(C)C(=O)O)N(S(=O)(=O)c4ccc(C)cc4)C3)cc21. The fraction of sp³-hybridized carbons (Fsp3) is 0.486. The summed E-state index contributed by atoms with van der Waals surface area (Å²) in [6, 6.07) is 22.7. The van der Waals surface area contributed by atoms with Gasteiger partial charge >= 0.3 is 5.97 Å². The summed E-state index contributed by atoms with van der Waals surface area (Å²) in [7, 11) is -2.17. The van der Waals surface area contributed by atoms with E-state index in [9.17, 15) is 18.3 Å². The number of hydrogen-bond acceptors (Lipinski definition) is 7. The van der Waals surface area contributed by atoms with Crippen LogP contribution in [0.2, 0.25) is 0 Å². The summed E-state index contributed by atoms with van der Waals surface area (Å²) in [4.78, 5) is 14.5. The van der Waals surface area contributed by atoms with E-state index >= 15 is 0 Å². The lowest BCUT2D eigenvalue weighted by Gasteiger charge is -2.43. The van der Waals surface area contributed by atoms with Gasteiger partial charge < -0.3 is 24.2 Å². The minimum Gasteiger partial charge on any atom is -0.481 e. The van der Waals surface area contributed by atoms with Gasteiger partial charge in [-0.3, -0.25) is 4.79 Å². The van der Waals surface area contributed by atoms with E-state index in [1.807, 2.05) is 37.3 Å². The molecule has 47 heavy (non-hydrogen) atoms. The maximum atomic E-state index is 13.9. The van der Waals surface area contributed by atoms with Crippen LogP contribution < -0.4 is 9.64 Å². The Bertz CT molecular complexity index is 1630. The number of sulfonamides is 1. The number of aliphatic carboxylic acids is 1. The summed E-state index contributed by atoms with van der Waals surface area (Å²) in [5.74, 6) is -0.138. The maximum absolute atomic E-state index is 13.9. The molecule has 3 aromatic carbocycles.